The van der Waals surface area contributed by atoms with E-state index >= 15 is 0 Å². The summed E-state index contributed by atoms with van der Waals surface area (Å²) in [5.41, 5.74) is 2.17. The molecule has 1 amide bonds. The minimum Gasteiger partial charge on any atom is -0.508 e. The predicted octanol–water partition coefficient (Wildman–Crippen LogP) is 4.68. The van der Waals surface area contributed by atoms with Crippen molar-refractivity contribution in [3.63, 3.8) is 0 Å². The van der Waals surface area contributed by atoms with Gasteiger partial charge in [-0.25, -0.2) is 0 Å². The van der Waals surface area contributed by atoms with Gasteiger partial charge in [0.25, 0.3) is 0 Å². The number of hydrogen-bond acceptors (Lipinski definition) is 5. The highest BCUT2D eigenvalue weighted by Crippen LogP contribution is 2.38. The van der Waals surface area contributed by atoms with Crippen molar-refractivity contribution in [3.05, 3.63) is 111 Å². The van der Waals surface area contributed by atoms with Gasteiger partial charge in [0.1, 0.15) is 5.75 Å². The number of amides is 1. The van der Waals surface area contributed by atoms with Crippen LogP contribution < -0.4 is 11.1 Å². The lowest BCUT2D eigenvalue weighted by atomic mass is 9.96. The number of aryl methyl sites for hydroxylation is 1. The van der Waals surface area contributed by atoms with Gasteiger partial charge in [-0.3, -0.25) is 23.9 Å². The standard InChI is InChI=1S/C31H25ClN4O4/c1-3-29(38)34-15-19(16-34)17-35-27-13-25(32)24(23-11-21(37)10-20-6-4-5-7-22(20)23)12-28(27)36(31(40)30(35)39)26-8-9-33-14-18(26)2/h3-14,19,37H,1,15-17H2,2H3. The van der Waals surface area contributed by atoms with Crippen LogP contribution in [0.15, 0.2) is 89.2 Å². The number of halogens is 1. The van der Waals surface area contributed by atoms with E-state index < -0.39 is 11.1 Å². The summed E-state index contributed by atoms with van der Waals surface area (Å²) >= 11 is 6.89. The second-order valence-electron chi connectivity index (χ2n) is 10.1. The van der Waals surface area contributed by atoms with Crippen LogP contribution in [0.2, 0.25) is 5.02 Å². The Kier molecular flexibility index (Phi) is 6.27. The van der Waals surface area contributed by atoms with Crippen molar-refractivity contribution in [2.75, 3.05) is 13.1 Å². The first-order chi connectivity index (χ1) is 19.3. The third-order valence-electron chi connectivity index (χ3n) is 7.48. The number of aromatic hydroxyl groups is 1. The van der Waals surface area contributed by atoms with Crippen LogP contribution in [-0.2, 0) is 11.3 Å². The fourth-order valence-electron chi connectivity index (χ4n) is 5.49. The molecule has 2 aromatic heterocycles. The molecule has 0 radical (unpaired) electrons. The van der Waals surface area contributed by atoms with Gasteiger partial charge in [0.15, 0.2) is 0 Å². The van der Waals surface area contributed by atoms with E-state index in [1.807, 2.05) is 31.2 Å². The van der Waals surface area contributed by atoms with Gasteiger partial charge in [-0.2, -0.15) is 0 Å². The average molecular weight is 553 g/mol. The van der Waals surface area contributed by atoms with Gasteiger partial charge in [0.05, 0.1) is 21.7 Å². The SMILES string of the molecule is C=CC(=O)N1CC(Cn2c(=O)c(=O)n(-c3ccncc3C)c3cc(-c4cc(O)cc5ccccc45)c(Cl)cc32)C1. The molecule has 3 heterocycles. The number of carbonyl (C=O) groups excluding carboxylic acids is 1. The van der Waals surface area contributed by atoms with Crippen LogP contribution in [0, 0.1) is 12.8 Å². The number of rotatable bonds is 5. The second kappa shape index (κ2) is 9.81. The van der Waals surface area contributed by atoms with E-state index in [9.17, 15) is 19.5 Å². The zero-order valence-electron chi connectivity index (χ0n) is 21.7. The molecule has 1 aliphatic rings. The quantitative estimate of drug-likeness (QED) is 0.252. The van der Waals surface area contributed by atoms with E-state index in [2.05, 4.69) is 11.6 Å². The van der Waals surface area contributed by atoms with Crippen LogP contribution in [0.4, 0.5) is 0 Å². The molecule has 0 saturated carbocycles. The minimum atomic E-state index is -0.700. The van der Waals surface area contributed by atoms with E-state index in [4.69, 9.17) is 11.6 Å². The zero-order chi connectivity index (χ0) is 28.1. The molecule has 200 valence electrons. The fraction of sp³-hybridized carbons (Fsp3) is 0.161. The first-order valence-corrected chi connectivity index (χ1v) is 13.2. The Balaban J connectivity index is 1.62. The number of benzene rings is 3. The maximum atomic E-state index is 13.7. The summed E-state index contributed by atoms with van der Waals surface area (Å²) < 4.78 is 2.87. The zero-order valence-corrected chi connectivity index (χ0v) is 22.4. The molecule has 1 saturated heterocycles. The first kappa shape index (κ1) is 25.6. The highest BCUT2D eigenvalue weighted by atomic mass is 35.5. The van der Waals surface area contributed by atoms with Gasteiger partial charge in [0, 0.05) is 43.5 Å². The number of hydrogen-bond donors (Lipinski definition) is 1. The molecule has 1 aliphatic heterocycles. The number of carbonyl (C=O) groups is 1. The Bertz CT molecular complexity index is 1970. The average Bonchev–Trinajstić information content (AvgIpc) is 2.92. The van der Waals surface area contributed by atoms with Crippen LogP contribution in [0.1, 0.15) is 5.56 Å². The summed E-state index contributed by atoms with van der Waals surface area (Å²) in [5, 5.41) is 12.6. The largest absolute Gasteiger partial charge is 0.508 e. The van der Waals surface area contributed by atoms with Crippen LogP contribution >= 0.6 is 11.6 Å². The monoisotopic (exact) mass is 552 g/mol. The molecule has 0 spiro atoms. The molecule has 8 nitrogen and oxygen atoms in total. The normalized spacial score (nSPS) is 13.5. The van der Waals surface area contributed by atoms with Crippen molar-refractivity contribution in [2.45, 2.75) is 13.5 Å². The van der Waals surface area contributed by atoms with Crippen molar-refractivity contribution in [1.29, 1.82) is 0 Å². The van der Waals surface area contributed by atoms with Crippen molar-refractivity contribution in [1.82, 2.24) is 19.0 Å². The van der Waals surface area contributed by atoms with E-state index in [1.165, 1.54) is 15.2 Å². The highest BCUT2D eigenvalue weighted by molar-refractivity contribution is 6.34. The van der Waals surface area contributed by atoms with E-state index in [0.717, 1.165) is 16.3 Å². The Morgan fingerprint density at radius 2 is 1.85 bits per heavy atom. The van der Waals surface area contributed by atoms with E-state index in [-0.39, 0.29) is 24.1 Å². The van der Waals surface area contributed by atoms with Gasteiger partial charge in [0.2, 0.25) is 5.91 Å². The van der Waals surface area contributed by atoms with E-state index in [1.54, 1.807) is 47.6 Å². The van der Waals surface area contributed by atoms with Gasteiger partial charge < -0.3 is 14.6 Å². The molecule has 0 unspecified atom stereocenters. The molecule has 0 bridgehead atoms. The Labute approximate surface area is 234 Å². The molecule has 0 atom stereocenters. The maximum Gasteiger partial charge on any atom is 0.321 e. The number of likely N-dealkylation sites (tertiary alicyclic amines) is 1. The second-order valence-corrected chi connectivity index (χ2v) is 10.5. The lowest BCUT2D eigenvalue weighted by molar-refractivity contribution is -0.132. The molecular weight excluding hydrogens is 528 g/mol. The maximum absolute atomic E-state index is 13.7. The van der Waals surface area contributed by atoms with Crippen molar-refractivity contribution in [2.24, 2.45) is 5.92 Å². The molecule has 40 heavy (non-hydrogen) atoms. The summed E-state index contributed by atoms with van der Waals surface area (Å²) in [6.45, 7) is 6.54. The van der Waals surface area contributed by atoms with E-state index in [0.29, 0.717) is 46.0 Å². The fourth-order valence-corrected chi connectivity index (χ4v) is 5.75. The molecule has 1 N–H and O–H groups in total. The van der Waals surface area contributed by atoms with Gasteiger partial charge in [-0.15, -0.1) is 0 Å². The number of phenolic OH excluding ortho intramolecular Hbond substituents is 1. The van der Waals surface area contributed by atoms with Crippen molar-refractivity contribution >= 4 is 39.3 Å². The van der Waals surface area contributed by atoms with Crippen LogP contribution in [-0.4, -0.2) is 43.1 Å². The Morgan fingerprint density at radius 1 is 1.07 bits per heavy atom. The molecule has 9 heteroatoms. The molecule has 0 aliphatic carbocycles. The third-order valence-corrected chi connectivity index (χ3v) is 7.79. The summed E-state index contributed by atoms with van der Waals surface area (Å²) in [4.78, 5) is 45.0. The topological polar surface area (TPSA) is 97.4 Å². The first-order valence-electron chi connectivity index (χ1n) is 12.8. The number of nitrogens with zero attached hydrogens (tertiary/aromatic N) is 4. The molecule has 1 fully saturated rings. The molecular formula is C31H25ClN4O4. The van der Waals surface area contributed by atoms with Crippen molar-refractivity contribution in [3.8, 4) is 22.6 Å². The summed E-state index contributed by atoms with van der Waals surface area (Å²) in [7, 11) is 0. The summed E-state index contributed by atoms with van der Waals surface area (Å²) in [6, 6.07) is 16.2. The highest BCUT2D eigenvalue weighted by Gasteiger charge is 2.31. The number of pyridine rings is 1. The van der Waals surface area contributed by atoms with Crippen LogP contribution in [0.5, 0.6) is 5.75 Å². The third kappa shape index (κ3) is 4.17. The van der Waals surface area contributed by atoms with Gasteiger partial charge in [-0.1, -0.05) is 42.4 Å². The van der Waals surface area contributed by atoms with Crippen molar-refractivity contribution < 1.29 is 9.90 Å². The Hall–Kier alpha value is -4.69. The Morgan fingerprint density at radius 3 is 2.60 bits per heavy atom. The molecule has 5 aromatic rings. The number of fused-ring (bicyclic) bond motifs is 2. The molecule has 6 rings (SSSR count). The summed E-state index contributed by atoms with van der Waals surface area (Å²) in [5.74, 6) is -0.0833. The van der Waals surface area contributed by atoms with Crippen LogP contribution in [0.25, 0.3) is 38.6 Å². The number of aromatic nitrogens is 3. The minimum absolute atomic E-state index is 0.00354. The number of phenols is 1. The van der Waals surface area contributed by atoms with Gasteiger partial charge in [-0.05, 0) is 65.2 Å². The van der Waals surface area contributed by atoms with Gasteiger partial charge >= 0.3 is 11.1 Å². The smallest absolute Gasteiger partial charge is 0.321 e. The lowest BCUT2D eigenvalue weighted by Gasteiger charge is -2.39. The predicted molar refractivity (Wildman–Crippen MR) is 156 cm³/mol. The summed E-state index contributed by atoms with van der Waals surface area (Å²) in [6.07, 6.45) is 4.48. The lowest BCUT2D eigenvalue weighted by Crippen LogP contribution is -2.52. The molecule has 3 aromatic carbocycles. The van der Waals surface area contributed by atoms with Crippen LogP contribution in [0.3, 0.4) is 0 Å².